The predicted molar refractivity (Wildman–Crippen MR) is 61.7 cm³/mol. The topological polar surface area (TPSA) is 60.4 Å². The number of benzene rings is 1. The number of carbonyl (C=O) groups excluding carboxylic acids is 1. The highest BCUT2D eigenvalue weighted by Crippen LogP contribution is 2.08. The van der Waals surface area contributed by atoms with Crippen LogP contribution in [0, 0.1) is 0 Å². The third-order valence-corrected chi connectivity index (χ3v) is 2.47. The molecule has 0 heterocycles. The smallest absolute Gasteiger partial charge is 0.337 e. The molecular formula is C11H12O4S. The van der Waals surface area contributed by atoms with Gasteiger partial charge in [-0.1, -0.05) is 12.1 Å². The van der Waals surface area contributed by atoms with Crippen LogP contribution in [-0.4, -0.2) is 27.8 Å². The number of sulfone groups is 1. The number of hydrogen-bond donors (Lipinski definition) is 0. The van der Waals surface area contributed by atoms with Crippen molar-refractivity contribution in [2.45, 2.75) is 0 Å². The third-order valence-electron chi connectivity index (χ3n) is 1.84. The first kappa shape index (κ1) is 12.4. The van der Waals surface area contributed by atoms with Gasteiger partial charge in [-0.05, 0) is 23.8 Å². The van der Waals surface area contributed by atoms with Gasteiger partial charge in [-0.15, -0.1) is 0 Å². The Morgan fingerprint density at radius 1 is 1.25 bits per heavy atom. The summed E-state index contributed by atoms with van der Waals surface area (Å²) in [5.41, 5.74) is 1.14. The van der Waals surface area contributed by atoms with Gasteiger partial charge in [0.2, 0.25) is 0 Å². The lowest BCUT2D eigenvalue weighted by molar-refractivity contribution is 0.0600. The Labute approximate surface area is 94.5 Å². The van der Waals surface area contributed by atoms with E-state index in [1.165, 1.54) is 13.2 Å². The Balaban J connectivity index is 2.88. The molecule has 0 N–H and O–H groups in total. The highest BCUT2D eigenvalue weighted by molar-refractivity contribution is 7.93. The fourth-order valence-electron chi connectivity index (χ4n) is 1.05. The van der Waals surface area contributed by atoms with Crippen LogP contribution in [0.1, 0.15) is 15.9 Å². The molecule has 1 rings (SSSR count). The SMILES string of the molecule is COC(=O)c1ccc(/C=C/S(C)(=O)=O)cc1. The fraction of sp³-hybridized carbons (Fsp3) is 0.182. The summed E-state index contributed by atoms with van der Waals surface area (Å²) < 4.78 is 26.3. The third kappa shape index (κ3) is 3.86. The van der Waals surface area contributed by atoms with E-state index in [9.17, 15) is 13.2 Å². The lowest BCUT2D eigenvalue weighted by Gasteiger charge is -1.99. The van der Waals surface area contributed by atoms with Gasteiger partial charge in [0.25, 0.3) is 0 Å². The average Bonchev–Trinajstić information content (AvgIpc) is 2.25. The monoisotopic (exact) mass is 240 g/mol. The van der Waals surface area contributed by atoms with Crippen LogP contribution in [0.15, 0.2) is 29.7 Å². The summed E-state index contributed by atoms with van der Waals surface area (Å²) in [7, 11) is -1.82. The molecule has 86 valence electrons. The van der Waals surface area contributed by atoms with Crippen LogP contribution in [0.4, 0.5) is 0 Å². The summed E-state index contributed by atoms with van der Waals surface area (Å²) in [6, 6.07) is 6.45. The lowest BCUT2D eigenvalue weighted by atomic mass is 10.1. The predicted octanol–water partition coefficient (Wildman–Crippen LogP) is 1.49. The number of ether oxygens (including phenoxy) is 1. The molecular weight excluding hydrogens is 228 g/mol. The van der Waals surface area contributed by atoms with Gasteiger partial charge in [0.15, 0.2) is 9.84 Å². The van der Waals surface area contributed by atoms with Crippen molar-refractivity contribution in [2.24, 2.45) is 0 Å². The first-order valence-corrected chi connectivity index (χ1v) is 6.44. The molecule has 0 aliphatic rings. The zero-order valence-corrected chi connectivity index (χ0v) is 9.82. The molecule has 1 aromatic carbocycles. The second-order valence-electron chi connectivity index (χ2n) is 3.25. The van der Waals surface area contributed by atoms with E-state index in [0.717, 1.165) is 11.7 Å². The molecule has 5 heteroatoms. The highest BCUT2D eigenvalue weighted by atomic mass is 32.2. The molecule has 0 amide bonds. The lowest BCUT2D eigenvalue weighted by Crippen LogP contribution is -2.00. The van der Waals surface area contributed by atoms with Gasteiger partial charge in [0.1, 0.15) is 0 Å². The van der Waals surface area contributed by atoms with Gasteiger partial charge in [-0.3, -0.25) is 0 Å². The fourth-order valence-corrected chi connectivity index (χ4v) is 1.45. The summed E-state index contributed by atoms with van der Waals surface area (Å²) in [6.07, 6.45) is 2.59. The van der Waals surface area contributed by atoms with Crippen molar-refractivity contribution < 1.29 is 17.9 Å². The summed E-state index contributed by atoms with van der Waals surface area (Å²) in [5.74, 6) is -0.418. The van der Waals surface area contributed by atoms with Gasteiger partial charge in [0, 0.05) is 11.7 Å². The minimum atomic E-state index is -3.13. The van der Waals surface area contributed by atoms with Crippen LogP contribution >= 0.6 is 0 Å². The number of rotatable bonds is 3. The van der Waals surface area contributed by atoms with E-state index in [-0.39, 0.29) is 0 Å². The molecule has 16 heavy (non-hydrogen) atoms. The molecule has 0 atom stereocenters. The van der Waals surface area contributed by atoms with Gasteiger partial charge in [-0.2, -0.15) is 0 Å². The molecule has 0 fully saturated rings. The standard InChI is InChI=1S/C11H12O4S/c1-15-11(12)10-5-3-9(4-6-10)7-8-16(2,13)14/h3-8H,1-2H3/b8-7+. The Hall–Kier alpha value is -1.62. The zero-order valence-electron chi connectivity index (χ0n) is 9.01. The first-order chi connectivity index (χ1) is 7.42. The molecule has 1 aromatic rings. The van der Waals surface area contributed by atoms with Crippen molar-refractivity contribution in [3.05, 3.63) is 40.8 Å². The van der Waals surface area contributed by atoms with Crippen molar-refractivity contribution in [3.63, 3.8) is 0 Å². The molecule has 0 spiro atoms. The number of carbonyl (C=O) groups is 1. The Morgan fingerprint density at radius 2 is 1.81 bits per heavy atom. The second kappa shape index (κ2) is 4.94. The summed E-state index contributed by atoms with van der Waals surface area (Å²) in [4.78, 5) is 11.1. The molecule has 0 aromatic heterocycles. The van der Waals surface area contributed by atoms with Crippen molar-refractivity contribution in [2.75, 3.05) is 13.4 Å². The van der Waals surface area contributed by atoms with Crippen molar-refractivity contribution in [1.29, 1.82) is 0 Å². The van der Waals surface area contributed by atoms with E-state index in [4.69, 9.17) is 0 Å². The maximum absolute atomic E-state index is 11.1. The molecule has 0 saturated carbocycles. The van der Waals surface area contributed by atoms with Gasteiger partial charge in [0.05, 0.1) is 12.7 Å². The molecule has 0 saturated heterocycles. The zero-order chi connectivity index (χ0) is 12.2. The molecule has 0 radical (unpaired) electrons. The number of esters is 1. The molecule has 0 aliphatic heterocycles. The summed E-state index contributed by atoms with van der Waals surface area (Å²) in [6.45, 7) is 0. The van der Waals surface area contributed by atoms with Crippen LogP contribution in [0.3, 0.4) is 0 Å². The maximum Gasteiger partial charge on any atom is 0.337 e. The van der Waals surface area contributed by atoms with E-state index in [2.05, 4.69) is 4.74 Å². The summed E-state index contributed by atoms with van der Waals surface area (Å²) in [5, 5.41) is 1.11. The Kier molecular flexibility index (Phi) is 3.84. The number of methoxy groups -OCH3 is 1. The molecule has 0 aliphatic carbocycles. The van der Waals surface area contributed by atoms with Crippen LogP contribution in [-0.2, 0) is 14.6 Å². The van der Waals surface area contributed by atoms with Gasteiger partial charge in [-0.25, -0.2) is 13.2 Å². The number of hydrogen-bond acceptors (Lipinski definition) is 4. The Bertz CT molecular complexity index is 497. The van der Waals surface area contributed by atoms with Gasteiger partial charge >= 0.3 is 5.97 Å². The molecule has 0 unspecified atom stereocenters. The van der Waals surface area contributed by atoms with Crippen LogP contribution in [0.5, 0.6) is 0 Å². The minimum Gasteiger partial charge on any atom is -0.465 e. The van der Waals surface area contributed by atoms with Crippen molar-refractivity contribution in [1.82, 2.24) is 0 Å². The van der Waals surface area contributed by atoms with E-state index in [1.807, 2.05) is 0 Å². The minimum absolute atomic E-state index is 0.418. The van der Waals surface area contributed by atoms with Gasteiger partial charge < -0.3 is 4.74 Å². The maximum atomic E-state index is 11.1. The largest absolute Gasteiger partial charge is 0.465 e. The van der Waals surface area contributed by atoms with E-state index in [1.54, 1.807) is 24.3 Å². The van der Waals surface area contributed by atoms with E-state index < -0.39 is 15.8 Å². The van der Waals surface area contributed by atoms with Crippen LogP contribution in [0.25, 0.3) is 6.08 Å². The van der Waals surface area contributed by atoms with Crippen LogP contribution < -0.4 is 0 Å². The summed E-state index contributed by atoms with van der Waals surface area (Å²) >= 11 is 0. The Morgan fingerprint density at radius 3 is 2.25 bits per heavy atom. The molecule has 0 bridgehead atoms. The average molecular weight is 240 g/mol. The van der Waals surface area contributed by atoms with E-state index in [0.29, 0.717) is 11.1 Å². The quantitative estimate of drug-likeness (QED) is 0.751. The normalized spacial score (nSPS) is 11.6. The van der Waals surface area contributed by atoms with Crippen molar-refractivity contribution >= 4 is 21.9 Å². The van der Waals surface area contributed by atoms with E-state index >= 15 is 0 Å². The first-order valence-electron chi connectivity index (χ1n) is 4.49. The molecule has 4 nitrogen and oxygen atoms in total. The van der Waals surface area contributed by atoms with Crippen LogP contribution in [0.2, 0.25) is 0 Å². The second-order valence-corrected chi connectivity index (χ2v) is 5.18. The van der Waals surface area contributed by atoms with Crippen molar-refractivity contribution in [3.8, 4) is 0 Å². The highest BCUT2D eigenvalue weighted by Gasteiger charge is 2.03.